The number of nitrogens with one attached hydrogen (secondary N) is 1. The quantitative estimate of drug-likeness (QED) is 0.805. The predicted octanol–water partition coefficient (Wildman–Crippen LogP) is 2.81. The Labute approximate surface area is 119 Å². The number of benzene rings is 1. The topological polar surface area (TPSA) is 62.1 Å². The molecule has 0 unspecified atom stereocenters. The molecule has 0 aliphatic heterocycles. The standard InChI is InChI=1S/C14H12ClN3O2/c1-18(11-7-16-17-14(19)13(11)15)8-10-6-9-4-2-3-5-12(9)20-10/h2-7H,8H2,1H3,(H,17,19). The Hall–Kier alpha value is -2.27. The van der Waals surface area contributed by atoms with Crippen LogP contribution >= 0.6 is 11.6 Å². The summed E-state index contributed by atoms with van der Waals surface area (Å²) in [6.45, 7) is 0.500. The molecule has 2 heterocycles. The summed E-state index contributed by atoms with van der Waals surface area (Å²) in [5, 5.41) is 7.22. The number of fused-ring (bicyclic) bond motifs is 1. The second-order valence-electron chi connectivity index (χ2n) is 4.50. The lowest BCUT2D eigenvalue weighted by Gasteiger charge is -2.17. The summed E-state index contributed by atoms with van der Waals surface area (Å²) in [7, 11) is 1.83. The molecule has 0 aliphatic carbocycles. The van der Waals surface area contributed by atoms with Crippen molar-refractivity contribution >= 4 is 28.3 Å². The molecular weight excluding hydrogens is 278 g/mol. The van der Waals surface area contributed by atoms with E-state index < -0.39 is 5.56 Å². The summed E-state index contributed by atoms with van der Waals surface area (Å²) in [5.74, 6) is 0.796. The fourth-order valence-corrected chi connectivity index (χ4v) is 2.31. The lowest BCUT2D eigenvalue weighted by molar-refractivity contribution is 0.546. The first-order valence-electron chi connectivity index (χ1n) is 6.07. The first-order chi connectivity index (χ1) is 9.65. The molecule has 0 atom stereocenters. The molecule has 1 N–H and O–H groups in total. The van der Waals surface area contributed by atoms with Gasteiger partial charge in [0.25, 0.3) is 5.56 Å². The highest BCUT2D eigenvalue weighted by atomic mass is 35.5. The Balaban J connectivity index is 1.90. The predicted molar refractivity (Wildman–Crippen MR) is 78.2 cm³/mol. The molecule has 5 nitrogen and oxygen atoms in total. The van der Waals surface area contributed by atoms with E-state index in [-0.39, 0.29) is 5.02 Å². The molecule has 0 spiro atoms. The minimum atomic E-state index is -0.402. The van der Waals surface area contributed by atoms with E-state index in [1.807, 2.05) is 42.3 Å². The number of nitrogens with zero attached hydrogens (tertiary/aromatic N) is 2. The average molecular weight is 290 g/mol. The third-order valence-corrected chi connectivity index (χ3v) is 3.42. The van der Waals surface area contributed by atoms with Crippen LogP contribution < -0.4 is 10.5 Å². The van der Waals surface area contributed by atoms with Crippen LogP contribution in [0.3, 0.4) is 0 Å². The number of halogens is 1. The highest BCUT2D eigenvalue weighted by Gasteiger charge is 2.12. The van der Waals surface area contributed by atoms with Gasteiger partial charge in [0.05, 0.1) is 18.4 Å². The van der Waals surface area contributed by atoms with Crippen LogP contribution in [0.1, 0.15) is 5.76 Å². The number of hydrogen-bond donors (Lipinski definition) is 1. The van der Waals surface area contributed by atoms with Crippen molar-refractivity contribution in [3.8, 4) is 0 Å². The van der Waals surface area contributed by atoms with Crippen molar-refractivity contribution in [2.75, 3.05) is 11.9 Å². The summed E-state index contributed by atoms with van der Waals surface area (Å²) >= 11 is 5.98. The molecule has 0 saturated carbocycles. The maximum atomic E-state index is 11.4. The minimum Gasteiger partial charge on any atom is -0.459 e. The summed E-state index contributed by atoms with van der Waals surface area (Å²) in [4.78, 5) is 13.3. The Morgan fingerprint density at radius 3 is 3.00 bits per heavy atom. The highest BCUT2D eigenvalue weighted by Crippen LogP contribution is 2.24. The zero-order chi connectivity index (χ0) is 14.1. The van der Waals surface area contributed by atoms with Crippen molar-refractivity contribution < 1.29 is 4.42 Å². The normalized spacial score (nSPS) is 10.9. The third-order valence-electron chi connectivity index (χ3n) is 3.06. The number of furan rings is 1. The van der Waals surface area contributed by atoms with Crippen molar-refractivity contribution in [1.29, 1.82) is 0 Å². The van der Waals surface area contributed by atoms with Crippen molar-refractivity contribution in [1.82, 2.24) is 10.2 Å². The number of aromatic amines is 1. The lowest BCUT2D eigenvalue weighted by Crippen LogP contribution is -2.20. The van der Waals surface area contributed by atoms with Crippen LogP contribution in [0.15, 0.2) is 45.7 Å². The van der Waals surface area contributed by atoms with Crippen LogP contribution in [0, 0.1) is 0 Å². The van der Waals surface area contributed by atoms with Gasteiger partial charge in [0.15, 0.2) is 0 Å². The van der Waals surface area contributed by atoms with E-state index in [9.17, 15) is 4.79 Å². The van der Waals surface area contributed by atoms with Crippen molar-refractivity contribution in [3.63, 3.8) is 0 Å². The molecule has 0 radical (unpaired) electrons. The summed E-state index contributed by atoms with van der Waals surface area (Å²) < 4.78 is 5.74. The smallest absolute Gasteiger partial charge is 0.285 e. The summed E-state index contributed by atoms with van der Waals surface area (Å²) in [6.07, 6.45) is 1.52. The van der Waals surface area contributed by atoms with E-state index in [1.54, 1.807) is 0 Å². The van der Waals surface area contributed by atoms with Gasteiger partial charge in [-0.05, 0) is 12.1 Å². The molecule has 3 aromatic rings. The van der Waals surface area contributed by atoms with Gasteiger partial charge in [-0.15, -0.1) is 0 Å². The average Bonchev–Trinajstić information content (AvgIpc) is 2.83. The molecule has 2 aromatic heterocycles. The van der Waals surface area contributed by atoms with Gasteiger partial charge < -0.3 is 9.32 Å². The van der Waals surface area contributed by atoms with Gasteiger partial charge in [0.2, 0.25) is 0 Å². The monoisotopic (exact) mass is 289 g/mol. The maximum Gasteiger partial charge on any atom is 0.285 e. The first-order valence-corrected chi connectivity index (χ1v) is 6.45. The molecule has 3 rings (SSSR count). The Bertz CT molecular complexity index is 776. The SMILES string of the molecule is CN(Cc1cc2ccccc2o1)c1cn[nH]c(=O)c1Cl. The Morgan fingerprint density at radius 1 is 1.40 bits per heavy atom. The van der Waals surface area contributed by atoms with E-state index in [4.69, 9.17) is 16.0 Å². The molecule has 0 bridgehead atoms. The molecule has 20 heavy (non-hydrogen) atoms. The third kappa shape index (κ3) is 2.28. The molecule has 6 heteroatoms. The number of rotatable bonds is 3. The van der Waals surface area contributed by atoms with Crippen molar-refractivity contribution in [2.45, 2.75) is 6.54 Å². The fourth-order valence-electron chi connectivity index (χ4n) is 2.07. The van der Waals surface area contributed by atoms with E-state index in [0.29, 0.717) is 12.2 Å². The lowest BCUT2D eigenvalue weighted by atomic mass is 10.2. The van der Waals surface area contributed by atoms with Gasteiger partial charge in [-0.25, -0.2) is 5.10 Å². The molecule has 1 aromatic carbocycles. The van der Waals surface area contributed by atoms with Crippen LogP contribution in [-0.4, -0.2) is 17.2 Å². The molecule has 0 amide bonds. The molecule has 0 aliphatic rings. The fraction of sp³-hybridized carbons (Fsp3) is 0.143. The molecular formula is C14H12ClN3O2. The van der Waals surface area contributed by atoms with Crippen LogP contribution in [0.5, 0.6) is 0 Å². The Kier molecular flexibility index (Phi) is 3.20. The maximum absolute atomic E-state index is 11.4. The minimum absolute atomic E-state index is 0.124. The molecule has 102 valence electrons. The van der Waals surface area contributed by atoms with E-state index in [2.05, 4.69) is 10.2 Å². The van der Waals surface area contributed by atoms with Gasteiger partial charge in [-0.1, -0.05) is 29.8 Å². The van der Waals surface area contributed by atoms with Gasteiger partial charge >= 0.3 is 0 Å². The van der Waals surface area contributed by atoms with E-state index in [1.165, 1.54) is 6.20 Å². The van der Waals surface area contributed by atoms with Gasteiger partial charge in [-0.3, -0.25) is 4.79 Å². The molecule has 0 saturated heterocycles. The number of H-pyrrole nitrogens is 1. The Morgan fingerprint density at radius 2 is 2.20 bits per heavy atom. The summed E-state index contributed by atoms with van der Waals surface area (Å²) in [6, 6.07) is 9.77. The van der Waals surface area contributed by atoms with E-state index in [0.717, 1.165) is 16.7 Å². The van der Waals surface area contributed by atoms with Crippen LogP contribution in [-0.2, 0) is 6.54 Å². The summed E-state index contributed by atoms with van der Waals surface area (Å²) in [5.41, 5.74) is 1.00. The second kappa shape index (κ2) is 5.02. The van der Waals surface area contributed by atoms with Gasteiger partial charge in [0, 0.05) is 12.4 Å². The number of hydrogen-bond acceptors (Lipinski definition) is 4. The number of anilines is 1. The van der Waals surface area contributed by atoms with E-state index >= 15 is 0 Å². The number of para-hydroxylation sites is 1. The number of aromatic nitrogens is 2. The highest BCUT2D eigenvalue weighted by molar-refractivity contribution is 6.32. The van der Waals surface area contributed by atoms with Crippen molar-refractivity contribution in [3.05, 3.63) is 57.7 Å². The van der Waals surface area contributed by atoms with Crippen LogP contribution in [0.25, 0.3) is 11.0 Å². The van der Waals surface area contributed by atoms with Crippen LogP contribution in [0.2, 0.25) is 5.02 Å². The zero-order valence-corrected chi connectivity index (χ0v) is 11.5. The molecule has 0 fully saturated rings. The van der Waals surface area contributed by atoms with Crippen LogP contribution in [0.4, 0.5) is 5.69 Å². The largest absolute Gasteiger partial charge is 0.459 e. The first kappa shape index (κ1) is 12.7. The van der Waals surface area contributed by atoms with Gasteiger partial charge in [-0.2, -0.15) is 5.10 Å². The van der Waals surface area contributed by atoms with Crippen molar-refractivity contribution in [2.24, 2.45) is 0 Å². The second-order valence-corrected chi connectivity index (χ2v) is 4.88. The van der Waals surface area contributed by atoms with Gasteiger partial charge in [0.1, 0.15) is 16.4 Å². The zero-order valence-electron chi connectivity index (χ0n) is 10.8.